The molecule has 0 bridgehead atoms. The minimum Gasteiger partial charge on any atom is -0.303 e. The van der Waals surface area contributed by atoms with E-state index in [2.05, 4.69) is 19.1 Å². The van der Waals surface area contributed by atoms with Gasteiger partial charge in [-0.05, 0) is 32.1 Å². The molecule has 0 aliphatic rings. The van der Waals surface area contributed by atoms with E-state index in [1.165, 1.54) is 86.2 Å². The second kappa shape index (κ2) is 33.6. The molecule has 0 radical (unpaired) electrons. The van der Waals surface area contributed by atoms with Crippen molar-refractivity contribution in [2.75, 3.05) is 0 Å². The number of rotatable bonds is 15. The fourth-order valence-corrected chi connectivity index (χ4v) is 2.30. The summed E-state index contributed by atoms with van der Waals surface area (Å²) in [4.78, 5) is 10.1. The molecule has 0 aromatic heterocycles. The van der Waals surface area contributed by atoms with Crippen molar-refractivity contribution >= 4 is 40.2 Å². The summed E-state index contributed by atoms with van der Waals surface area (Å²) in [6, 6.07) is 0. The van der Waals surface area contributed by atoms with Crippen LogP contribution in [0.3, 0.4) is 0 Å². The van der Waals surface area contributed by atoms with Gasteiger partial charge in [-0.1, -0.05) is 75.0 Å². The zero-order valence-electron chi connectivity index (χ0n) is 14.8. The van der Waals surface area contributed by atoms with Crippen molar-refractivity contribution in [2.24, 2.45) is 0 Å². The maximum Gasteiger partial charge on any atom is 0.310 e. The molecule has 5 heteroatoms. The second-order valence-corrected chi connectivity index (χ2v) is 5.54. The van der Waals surface area contributed by atoms with Crippen LogP contribution < -0.4 is 0 Å². The zero-order valence-corrected chi connectivity index (χ0v) is 17.6. The molecule has 0 heterocycles. The van der Waals surface area contributed by atoms with Crippen LogP contribution in [0.2, 0.25) is 0 Å². The van der Waals surface area contributed by atoms with E-state index < -0.39 is 0 Å². The monoisotopic (exact) mass is 387 g/mol. The summed E-state index contributed by atoms with van der Waals surface area (Å²) in [5.41, 5.74) is 0. The lowest BCUT2D eigenvalue weighted by Gasteiger charge is -1.98. The molecule has 0 amide bonds. The topological polar surface area (TPSA) is 34.1 Å². The van der Waals surface area contributed by atoms with Gasteiger partial charge in [0.25, 0.3) is 0 Å². The first kappa shape index (κ1) is 30.9. The van der Waals surface area contributed by atoms with Gasteiger partial charge in [-0.2, -0.15) is 0 Å². The lowest BCUT2D eigenvalue weighted by molar-refractivity contribution is -0.107. The number of halogens is 2. The molecule has 0 aliphatic carbocycles. The van der Waals surface area contributed by atoms with E-state index in [1.807, 2.05) is 0 Å². The van der Waals surface area contributed by atoms with Crippen molar-refractivity contribution in [1.82, 2.24) is 0 Å². The number of allylic oxidation sites excluding steroid dienone is 2. The van der Waals surface area contributed by atoms with Gasteiger partial charge in [-0.25, -0.2) is 0 Å². The van der Waals surface area contributed by atoms with E-state index in [-0.39, 0.29) is 24.8 Å². The summed E-state index contributed by atoms with van der Waals surface area (Å²) in [7, 11) is 1.17. The molecule has 0 aliphatic heterocycles. The van der Waals surface area contributed by atoms with Gasteiger partial charge in [0.15, 0.2) is 0 Å². The molecule has 0 N–H and O–H groups in total. The Kier molecular flexibility index (Phi) is 45.2. The average molecular weight is 388 g/mol. The van der Waals surface area contributed by atoms with E-state index in [0.29, 0.717) is 0 Å². The van der Waals surface area contributed by atoms with Gasteiger partial charge < -0.3 is 4.79 Å². The number of hydrogen-bond donors (Lipinski definition) is 0. The Morgan fingerprint density at radius 1 is 0.609 bits per heavy atom. The molecule has 0 saturated heterocycles. The van der Waals surface area contributed by atoms with Crippen LogP contribution in [-0.4, -0.2) is 6.29 Å². The minimum atomic E-state index is 0. The molecule has 0 fully saturated rings. The molecule has 1 unspecified atom stereocenters. The van der Waals surface area contributed by atoms with Gasteiger partial charge in [-0.15, -0.1) is 24.8 Å². The van der Waals surface area contributed by atoms with Crippen molar-refractivity contribution in [3.05, 3.63) is 12.2 Å². The van der Waals surface area contributed by atoms with Crippen LogP contribution in [0, 0.1) is 0 Å². The van der Waals surface area contributed by atoms with Crippen molar-refractivity contribution in [1.29, 1.82) is 0 Å². The largest absolute Gasteiger partial charge is 0.310 e. The van der Waals surface area contributed by atoms with E-state index >= 15 is 0 Å². The summed E-state index contributed by atoms with van der Waals surface area (Å²) in [5, 5.41) is 0. The minimum absolute atomic E-state index is 0. The fourth-order valence-electron chi connectivity index (χ4n) is 2.30. The number of hydrogen-bond acceptors (Lipinski definition) is 2. The number of aldehydes is 1. The van der Waals surface area contributed by atoms with Gasteiger partial charge in [0.05, 0.1) is 0 Å². The predicted octanol–water partition coefficient (Wildman–Crippen LogP) is 7.27. The van der Waals surface area contributed by atoms with Gasteiger partial charge in [0, 0.05) is 6.42 Å². The third-order valence-corrected chi connectivity index (χ3v) is 3.58. The van der Waals surface area contributed by atoms with E-state index in [4.69, 9.17) is 4.57 Å². The first-order valence-electron chi connectivity index (χ1n) is 8.74. The van der Waals surface area contributed by atoms with Gasteiger partial charge in [0.1, 0.15) is 6.29 Å². The van der Waals surface area contributed by atoms with Crippen molar-refractivity contribution in [3.63, 3.8) is 0 Å². The molecule has 0 aromatic rings. The van der Waals surface area contributed by atoms with E-state index in [9.17, 15) is 4.79 Å². The normalized spacial score (nSPS) is 9.43. The first-order chi connectivity index (χ1) is 10.4. The van der Waals surface area contributed by atoms with Crippen molar-refractivity contribution in [3.8, 4) is 0 Å². The highest BCUT2D eigenvalue weighted by Gasteiger charge is 1.90. The third kappa shape index (κ3) is 34.4. The number of unbranched alkanes of at least 4 members (excludes halogenated alkanes) is 12. The highest BCUT2D eigenvalue weighted by Crippen LogP contribution is 2.09. The highest BCUT2D eigenvalue weighted by atomic mass is 35.5. The summed E-state index contributed by atoms with van der Waals surface area (Å²) in [5.74, 6) is 0. The van der Waals surface area contributed by atoms with Crippen LogP contribution in [0.5, 0.6) is 0 Å². The molecular weight excluding hydrogens is 350 g/mol. The molecule has 0 spiro atoms. The Labute approximate surface area is 158 Å². The fraction of sp³-hybridized carbons (Fsp3) is 0.833. The quantitative estimate of drug-likeness (QED) is 0.128. The molecule has 1 atom stereocenters. The maximum absolute atomic E-state index is 10.1. The van der Waals surface area contributed by atoms with Crippen LogP contribution in [0.25, 0.3) is 0 Å². The Morgan fingerprint density at radius 3 is 1.35 bits per heavy atom. The van der Waals surface area contributed by atoms with Gasteiger partial charge in [-0.3, -0.25) is 0 Å². The molecule has 140 valence electrons. The number of carbonyl (C=O) groups is 1. The molecule has 0 rings (SSSR count). The van der Waals surface area contributed by atoms with Gasteiger partial charge in [0.2, 0.25) is 0 Å². The zero-order chi connectivity index (χ0) is 16.0. The van der Waals surface area contributed by atoms with Crippen LogP contribution in [0.15, 0.2) is 12.2 Å². The second-order valence-electron chi connectivity index (χ2n) is 5.54. The van der Waals surface area contributed by atoms with Gasteiger partial charge >= 0.3 is 9.12 Å². The molecule has 2 nitrogen and oxygen atoms in total. The van der Waals surface area contributed by atoms with Crippen LogP contribution in [0.4, 0.5) is 0 Å². The lowest BCUT2D eigenvalue weighted by atomic mass is 10.1. The Morgan fingerprint density at radius 2 is 0.957 bits per heavy atom. The lowest BCUT2D eigenvalue weighted by Crippen LogP contribution is -1.80. The molecule has 0 saturated carbocycles. The van der Waals surface area contributed by atoms with Crippen LogP contribution >= 0.6 is 33.9 Å². The average Bonchev–Trinajstić information content (AvgIpc) is 2.53. The molecular formula is C18H38Cl2O2P+. The Balaban J connectivity index is -0.000000432. The number of carbonyl (C=O) groups excluding carboxylic acids is 1. The highest BCUT2D eigenvalue weighted by molar-refractivity contribution is 7.00. The first-order valence-corrected chi connectivity index (χ1v) is 9.21. The summed E-state index contributed by atoms with van der Waals surface area (Å²) in [6.07, 6.45) is 23.6. The smallest absolute Gasteiger partial charge is 0.303 e. The maximum atomic E-state index is 10.1. The van der Waals surface area contributed by atoms with Crippen molar-refractivity contribution < 1.29 is 9.36 Å². The molecule has 23 heavy (non-hydrogen) atoms. The molecule has 0 aromatic carbocycles. The summed E-state index contributed by atoms with van der Waals surface area (Å²) < 4.78 is 8.17. The standard InChI is InChI=1S/C18H34O.2ClH.H2OP/c1-2-3-4-5-6-7-8-9-10-11-12-13-14-15-16-17-18-19;;;1-2/h9-10,18H,2-8,11-17H2,1H3;2*1H;2H2/q;;;+1. The SMILES string of the molecule is CCCCCCCCC=CCCCCCCCC=O.Cl.Cl.O=[PH2+]. The van der Waals surface area contributed by atoms with E-state index in [1.54, 1.807) is 0 Å². The van der Waals surface area contributed by atoms with Crippen LogP contribution in [-0.2, 0) is 9.36 Å². The Bertz CT molecular complexity index is 227. The van der Waals surface area contributed by atoms with Crippen molar-refractivity contribution in [2.45, 2.75) is 96.8 Å². The summed E-state index contributed by atoms with van der Waals surface area (Å²) in [6.45, 7) is 2.27. The van der Waals surface area contributed by atoms with E-state index in [0.717, 1.165) is 19.1 Å². The van der Waals surface area contributed by atoms with Crippen LogP contribution in [0.1, 0.15) is 96.8 Å². The Hall–Kier alpha value is 0.0900. The predicted molar refractivity (Wildman–Crippen MR) is 110 cm³/mol. The summed E-state index contributed by atoms with van der Waals surface area (Å²) >= 11 is 0. The third-order valence-electron chi connectivity index (χ3n) is 3.58.